The largest absolute Gasteiger partial charge is 0.489 e. The maximum atomic E-state index is 13.6. The minimum absolute atomic E-state index is 0.0930. The highest BCUT2D eigenvalue weighted by Crippen LogP contribution is 2.20. The fourth-order valence-corrected chi connectivity index (χ4v) is 5.23. The number of thiophene rings is 1. The van der Waals surface area contributed by atoms with Gasteiger partial charge in [0, 0.05) is 6.54 Å². The van der Waals surface area contributed by atoms with Gasteiger partial charge in [-0.2, -0.15) is 5.26 Å². The Morgan fingerprint density at radius 3 is 2.12 bits per heavy atom. The average Bonchev–Trinajstić information content (AvgIpc) is 3.63. The highest BCUT2D eigenvalue weighted by Gasteiger charge is 2.29. The molecule has 0 aliphatic rings. The number of carbonyl (C=O) groups is 4. The van der Waals surface area contributed by atoms with E-state index in [0.717, 1.165) is 5.56 Å². The SMILES string of the molecule is N#Cc1ccc(COc2ccc([C@H](NC(=O)[C@H](CCCCN)NC(=O)[C@H](CCCN=C(N)N)NC(=O)c3cccs3)C(N)=O)cc2)cc1. The summed E-state index contributed by atoms with van der Waals surface area (Å²) < 4.78 is 5.81. The van der Waals surface area contributed by atoms with Crippen molar-refractivity contribution in [2.75, 3.05) is 13.1 Å². The molecule has 14 nitrogen and oxygen atoms in total. The van der Waals surface area contributed by atoms with Gasteiger partial charge in [0.1, 0.15) is 30.5 Å². The minimum Gasteiger partial charge on any atom is -0.489 e. The van der Waals surface area contributed by atoms with Crippen molar-refractivity contribution >= 4 is 40.9 Å². The number of hydrogen-bond donors (Lipinski definition) is 7. The van der Waals surface area contributed by atoms with Crippen molar-refractivity contribution in [3.63, 3.8) is 0 Å². The third-order valence-electron chi connectivity index (χ3n) is 7.17. The fourth-order valence-electron chi connectivity index (χ4n) is 4.60. The molecule has 1 heterocycles. The molecular weight excluding hydrogens is 634 g/mol. The molecule has 15 heteroatoms. The predicted octanol–water partition coefficient (Wildman–Crippen LogP) is 1.31. The lowest BCUT2D eigenvalue weighted by Gasteiger charge is -2.25. The Labute approximate surface area is 282 Å². The van der Waals surface area contributed by atoms with Crippen molar-refractivity contribution in [1.82, 2.24) is 16.0 Å². The summed E-state index contributed by atoms with van der Waals surface area (Å²) in [4.78, 5) is 56.7. The number of primary amides is 1. The van der Waals surface area contributed by atoms with Crippen LogP contribution in [0.25, 0.3) is 0 Å². The van der Waals surface area contributed by atoms with E-state index in [1.54, 1.807) is 66.0 Å². The van der Waals surface area contributed by atoms with Crippen molar-refractivity contribution in [3.8, 4) is 11.8 Å². The number of rotatable bonds is 19. The van der Waals surface area contributed by atoms with Crippen LogP contribution in [0.5, 0.6) is 5.75 Å². The van der Waals surface area contributed by atoms with Gasteiger partial charge in [-0.3, -0.25) is 24.2 Å². The van der Waals surface area contributed by atoms with Crippen molar-refractivity contribution in [2.45, 2.75) is 56.8 Å². The van der Waals surface area contributed by atoms with Crippen molar-refractivity contribution in [3.05, 3.63) is 87.6 Å². The third kappa shape index (κ3) is 12.0. The van der Waals surface area contributed by atoms with E-state index in [9.17, 15) is 19.2 Å². The van der Waals surface area contributed by atoms with Crippen molar-refractivity contribution in [1.29, 1.82) is 5.26 Å². The van der Waals surface area contributed by atoms with Crippen LogP contribution in [-0.4, -0.2) is 54.8 Å². The van der Waals surface area contributed by atoms with E-state index in [-0.39, 0.29) is 32.0 Å². The van der Waals surface area contributed by atoms with Crippen LogP contribution in [0.3, 0.4) is 0 Å². The number of nitrogens with one attached hydrogen (secondary N) is 3. The van der Waals surface area contributed by atoms with Gasteiger partial charge in [-0.25, -0.2) is 0 Å². The smallest absolute Gasteiger partial charge is 0.261 e. The second-order valence-corrected chi connectivity index (χ2v) is 11.8. The molecule has 3 atom stereocenters. The molecule has 1 aromatic heterocycles. The maximum Gasteiger partial charge on any atom is 0.261 e. The Balaban J connectivity index is 1.71. The molecule has 3 rings (SSSR count). The van der Waals surface area contributed by atoms with E-state index < -0.39 is 41.8 Å². The topological polar surface area (TPSA) is 254 Å². The van der Waals surface area contributed by atoms with Crippen LogP contribution < -0.4 is 43.6 Å². The average molecular weight is 676 g/mol. The van der Waals surface area contributed by atoms with E-state index in [2.05, 4.69) is 27.0 Å². The number of guanidine groups is 1. The molecule has 11 N–H and O–H groups in total. The number of benzene rings is 2. The molecule has 4 amide bonds. The predicted molar refractivity (Wildman–Crippen MR) is 182 cm³/mol. The van der Waals surface area contributed by atoms with Crippen LogP contribution in [-0.2, 0) is 21.0 Å². The number of carbonyl (C=O) groups excluding carboxylic acids is 4. The summed E-state index contributed by atoms with van der Waals surface area (Å²) in [6.07, 6.45) is 1.90. The van der Waals surface area contributed by atoms with Gasteiger partial charge in [-0.05, 0) is 85.5 Å². The molecule has 0 radical (unpaired) electrons. The number of amides is 4. The fraction of sp³-hybridized carbons (Fsp3) is 0.333. The standard InChI is InChI=1S/C33H41N9O5S/c34-16-2-1-5-25(40-30(44)26(6-3-17-39-33(37)38)41-32(46)27-7-4-18-48-27)31(45)42-28(29(36)43)23-12-14-24(15-13-23)47-20-22-10-8-21(19-35)9-11-22/h4,7-15,18,25-26,28H,1-3,5-6,16-17,20,34H2,(H2,36,43)(H,40,44)(H,41,46)(H,42,45)(H4,37,38,39)/t25-,26-,28-/m0/s1. The van der Waals surface area contributed by atoms with Gasteiger partial charge >= 0.3 is 0 Å². The molecule has 3 aromatic rings. The first-order chi connectivity index (χ1) is 23.1. The van der Waals surface area contributed by atoms with Crippen LogP contribution in [0.2, 0.25) is 0 Å². The molecule has 0 saturated carbocycles. The third-order valence-corrected chi connectivity index (χ3v) is 8.03. The number of nitrogens with zero attached hydrogens (tertiary/aromatic N) is 2. The van der Waals surface area contributed by atoms with Gasteiger partial charge in [0.05, 0.1) is 16.5 Å². The maximum absolute atomic E-state index is 13.6. The number of aliphatic imine (C=N–C) groups is 1. The molecular formula is C33H41N9O5S. The second kappa shape index (κ2) is 19.3. The van der Waals surface area contributed by atoms with E-state index in [1.165, 1.54) is 11.3 Å². The normalized spacial score (nSPS) is 12.4. The Morgan fingerprint density at radius 2 is 1.52 bits per heavy atom. The highest BCUT2D eigenvalue weighted by molar-refractivity contribution is 7.12. The Kier molecular flexibility index (Phi) is 14.8. The molecule has 0 fully saturated rings. The summed E-state index contributed by atoms with van der Waals surface area (Å²) >= 11 is 1.22. The molecule has 0 aliphatic carbocycles. The van der Waals surface area contributed by atoms with E-state index in [1.807, 2.05) is 0 Å². The molecule has 0 unspecified atom stereocenters. The van der Waals surface area contributed by atoms with Gasteiger partial charge in [0.25, 0.3) is 5.91 Å². The summed E-state index contributed by atoms with van der Waals surface area (Å²) in [6, 6.07) is 15.7. The number of hydrogen-bond acceptors (Lipinski definition) is 9. The number of ether oxygens (including phenoxy) is 1. The second-order valence-electron chi connectivity index (χ2n) is 10.8. The quantitative estimate of drug-likeness (QED) is 0.0548. The molecule has 0 aliphatic heterocycles. The van der Waals surface area contributed by atoms with Crippen LogP contribution in [0.1, 0.15) is 64.5 Å². The molecule has 2 aromatic carbocycles. The van der Waals surface area contributed by atoms with Crippen LogP contribution >= 0.6 is 11.3 Å². The van der Waals surface area contributed by atoms with E-state index in [0.29, 0.717) is 47.6 Å². The monoisotopic (exact) mass is 675 g/mol. The van der Waals surface area contributed by atoms with Gasteiger partial charge in [0.15, 0.2) is 5.96 Å². The zero-order chi connectivity index (χ0) is 34.9. The summed E-state index contributed by atoms with van der Waals surface area (Å²) in [7, 11) is 0. The Bertz CT molecular complexity index is 1570. The summed E-state index contributed by atoms with van der Waals surface area (Å²) in [5, 5.41) is 18.8. The Morgan fingerprint density at radius 1 is 0.854 bits per heavy atom. The summed E-state index contributed by atoms with van der Waals surface area (Å²) in [6.45, 7) is 0.880. The highest BCUT2D eigenvalue weighted by atomic mass is 32.1. The van der Waals surface area contributed by atoms with Crippen LogP contribution in [0.15, 0.2) is 71.0 Å². The molecule has 254 valence electrons. The summed E-state index contributed by atoms with van der Waals surface area (Å²) in [5.74, 6) is -2.03. The van der Waals surface area contributed by atoms with E-state index in [4.69, 9.17) is 32.9 Å². The number of unbranched alkanes of at least 4 members (excludes halogenated alkanes) is 1. The Hall–Kier alpha value is -5.46. The van der Waals surface area contributed by atoms with E-state index >= 15 is 0 Å². The van der Waals surface area contributed by atoms with Gasteiger partial charge in [-0.1, -0.05) is 30.3 Å². The van der Waals surface area contributed by atoms with Crippen molar-refractivity contribution < 1.29 is 23.9 Å². The number of nitriles is 1. The molecule has 0 spiro atoms. The first-order valence-corrected chi connectivity index (χ1v) is 16.2. The first kappa shape index (κ1) is 37.0. The lowest BCUT2D eigenvalue weighted by Crippen LogP contribution is -2.54. The minimum atomic E-state index is -1.20. The van der Waals surface area contributed by atoms with Crippen LogP contribution in [0.4, 0.5) is 0 Å². The van der Waals surface area contributed by atoms with Crippen molar-refractivity contribution in [2.24, 2.45) is 27.9 Å². The van der Waals surface area contributed by atoms with Gasteiger partial charge in [0.2, 0.25) is 17.7 Å². The van der Waals surface area contributed by atoms with Crippen LogP contribution in [0, 0.1) is 11.3 Å². The first-order valence-electron chi connectivity index (χ1n) is 15.3. The lowest BCUT2D eigenvalue weighted by atomic mass is 10.0. The zero-order valence-corrected chi connectivity index (χ0v) is 27.2. The lowest BCUT2D eigenvalue weighted by molar-refractivity contribution is -0.132. The molecule has 48 heavy (non-hydrogen) atoms. The number of nitrogens with two attached hydrogens (primary N) is 4. The molecule has 0 saturated heterocycles. The van der Waals surface area contributed by atoms with Gasteiger partial charge in [-0.15, -0.1) is 11.3 Å². The zero-order valence-electron chi connectivity index (χ0n) is 26.4. The molecule has 0 bridgehead atoms. The van der Waals surface area contributed by atoms with Gasteiger partial charge < -0.3 is 43.6 Å². The summed E-state index contributed by atoms with van der Waals surface area (Å²) in [5.41, 5.74) is 24.0.